The lowest BCUT2D eigenvalue weighted by atomic mass is 10.2. The zero-order chi connectivity index (χ0) is 19.6. The van der Waals surface area contributed by atoms with Crippen molar-refractivity contribution >= 4 is 96.3 Å². The maximum atomic E-state index is 12.3. The van der Waals surface area contributed by atoms with Crippen molar-refractivity contribution in [1.29, 1.82) is 0 Å². The molecule has 0 bridgehead atoms. The highest BCUT2D eigenvalue weighted by molar-refractivity contribution is 14.1. The smallest absolute Gasteiger partial charge is 0.264 e. The number of amides is 1. The highest BCUT2D eigenvalue weighted by Gasteiger charge is 2.24. The highest BCUT2D eigenvalue weighted by Crippen LogP contribution is 2.36. The lowest BCUT2D eigenvalue weighted by Crippen LogP contribution is -2.19. The Balaban J connectivity index is 1.87. The second-order valence-electron chi connectivity index (χ2n) is 5.30. The molecule has 1 saturated heterocycles. The van der Waals surface area contributed by atoms with Crippen LogP contribution >= 0.6 is 73.5 Å². The molecule has 1 fully saturated rings. The van der Waals surface area contributed by atoms with E-state index in [1.54, 1.807) is 18.2 Å². The Hall–Kier alpha value is -0.740. The van der Waals surface area contributed by atoms with Gasteiger partial charge in [0.25, 0.3) is 5.91 Å². The van der Waals surface area contributed by atoms with Gasteiger partial charge in [-0.15, -0.1) is 0 Å². The molecule has 1 heterocycles. The topological polar surface area (TPSA) is 50.7 Å². The Morgan fingerprint density at radius 2 is 2.15 bits per heavy atom. The maximum Gasteiger partial charge on any atom is 0.264 e. The van der Waals surface area contributed by atoms with Crippen LogP contribution in [0.25, 0.3) is 6.08 Å². The first kappa shape index (κ1) is 21.0. The van der Waals surface area contributed by atoms with E-state index >= 15 is 0 Å². The lowest BCUT2D eigenvalue weighted by molar-refractivity contribution is -0.115. The minimum atomic E-state index is -0.211. The molecule has 0 saturated carbocycles. The molecule has 1 aliphatic heterocycles. The van der Waals surface area contributed by atoms with E-state index in [1.165, 1.54) is 11.8 Å². The molecular formula is C18H12BrCl2IN2O2S. The average Bonchev–Trinajstić information content (AvgIpc) is 2.94. The van der Waals surface area contributed by atoms with E-state index in [0.29, 0.717) is 32.4 Å². The Labute approximate surface area is 193 Å². The summed E-state index contributed by atoms with van der Waals surface area (Å²) in [6, 6.07) is 9.05. The van der Waals surface area contributed by atoms with Gasteiger partial charge in [0.05, 0.1) is 35.3 Å². The molecule has 3 rings (SSSR count). The molecule has 27 heavy (non-hydrogen) atoms. The number of nitrogens with one attached hydrogen (secondary N) is 1. The third-order valence-electron chi connectivity index (χ3n) is 3.41. The van der Waals surface area contributed by atoms with Crippen molar-refractivity contribution < 1.29 is 9.53 Å². The summed E-state index contributed by atoms with van der Waals surface area (Å²) in [6.07, 6.45) is 1.81. The molecule has 0 atom stereocenters. The van der Waals surface area contributed by atoms with Crippen molar-refractivity contribution in [2.45, 2.75) is 6.92 Å². The number of thioether (sulfide) groups is 1. The van der Waals surface area contributed by atoms with Crippen LogP contribution in [0.2, 0.25) is 10.0 Å². The Morgan fingerprint density at radius 1 is 1.37 bits per heavy atom. The lowest BCUT2D eigenvalue weighted by Gasteiger charge is -2.09. The molecule has 0 aromatic heterocycles. The van der Waals surface area contributed by atoms with Crippen LogP contribution in [0.4, 0.5) is 5.69 Å². The number of hydrogen-bond donors (Lipinski definition) is 1. The summed E-state index contributed by atoms with van der Waals surface area (Å²) in [5.74, 6) is 0.582. The highest BCUT2D eigenvalue weighted by atomic mass is 127. The molecule has 2 aromatic carbocycles. The van der Waals surface area contributed by atoms with Crippen LogP contribution in [0.3, 0.4) is 0 Å². The van der Waals surface area contributed by atoms with Crippen LogP contribution in [0.1, 0.15) is 12.5 Å². The monoisotopic (exact) mass is 596 g/mol. The van der Waals surface area contributed by atoms with Gasteiger partial charge < -0.3 is 10.1 Å². The third-order valence-corrected chi connectivity index (χ3v) is 6.52. The number of benzene rings is 2. The predicted molar refractivity (Wildman–Crippen MR) is 125 cm³/mol. The summed E-state index contributed by atoms with van der Waals surface area (Å²) in [5, 5.41) is 3.96. The van der Waals surface area contributed by atoms with E-state index in [1.807, 2.05) is 25.1 Å². The van der Waals surface area contributed by atoms with Crippen molar-refractivity contribution in [3.8, 4) is 5.75 Å². The fourth-order valence-electron chi connectivity index (χ4n) is 2.27. The van der Waals surface area contributed by atoms with Crippen LogP contribution in [-0.4, -0.2) is 17.7 Å². The average molecular weight is 598 g/mol. The molecule has 1 aliphatic rings. The van der Waals surface area contributed by atoms with Gasteiger partial charge in [0.2, 0.25) is 0 Å². The van der Waals surface area contributed by atoms with E-state index in [9.17, 15) is 4.79 Å². The van der Waals surface area contributed by atoms with Crippen molar-refractivity contribution in [1.82, 2.24) is 5.32 Å². The normalized spacial score (nSPS) is 16.9. The van der Waals surface area contributed by atoms with Crippen LogP contribution < -0.4 is 10.1 Å². The molecule has 0 aliphatic carbocycles. The fraction of sp³-hybridized carbons (Fsp3) is 0.111. The number of carbonyl (C=O) groups is 1. The summed E-state index contributed by atoms with van der Waals surface area (Å²) in [7, 11) is 0. The first-order valence-electron chi connectivity index (χ1n) is 7.74. The van der Waals surface area contributed by atoms with E-state index in [-0.39, 0.29) is 5.91 Å². The van der Waals surface area contributed by atoms with Crippen LogP contribution in [-0.2, 0) is 4.79 Å². The number of rotatable bonds is 4. The molecular weight excluding hydrogens is 586 g/mol. The number of amidine groups is 1. The molecule has 0 spiro atoms. The Bertz CT molecular complexity index is 959. The minimum Gasteiger partial charge on any atom is -0.492 e. The standard InChI is InChI=1S/C18H12BrCl2IN2O2S/c1-2-26-16-10(19)6-9(7-12(16)22)8-14-17(25)24-18(27-14)23-13-5-3-4-11(20)15(13)21/h3-8H,2H2,1H3,(H,23,24,25)/b14-8-. The minimum absolute atomic E-state index is 0.211. The molecule has 2 aromatic rings. The zero-order valence-corrected chi connectivity index (χ0v) is 19.9. The number of hydrogen-bond acceptors (Lipinski definition) is 4. The van der Waals surface area contributed by atoms with Gasteiger partial charge in [-0.25, -0.2) is 4.99 Å². The van der Waals surface area contributed by atoms with Gasteiger partial charge >= 0.3 is 0 Å². The van der Waals surface area contributed by atoms with Gasteiger partial charge in [0.1, 0.15) is 5.75 Å². The number of aliphatic imine (C=N–C) groups is 1. The van der Waals surface area contributed by atoms with Gasteiger partial charge in [0.15, 0.2) is 5.17 Å². The first-order valence-corrected chi connectivity index (χ1v) is 11.2. The number of halogens is 4. The third kappa shape index (κ3) is 5.00. The van der Waals surface area contributed by atoms with Gasteiger partial charge in [-0.2, -0.15) is 0 Å². The van der Waals surface area contributed by atoms with E-state index in [4.69, 9.17) is 27.9 Å². The molecule has 140 valence electrons. The number of ether oxygens (including phenoxy) is 1. The maximum absolute atomic E-state index is 12.3. The molecule has 1 amide bonds. The Kier molecular flexibility index (Phi) is 7.13. The molecule has 9 heteroatoms. The molecule has 0 unspecified atom stereocenters. The summed E-state index contributed by atoms with van der Waals surface area (Å²) in [5.41, 5.74) is 1.39. The largest absolute Gasteiger partial charge is 0.492 e. The Morgan fingerprint density at radius 3 is 2.85 bits per heavy atom. The van der Waals surface area contributed by atoms with E-state index in [2.05, 4.69) is 48.8 Å². The van der Waals surface area contributed by atoms with Crippen LogP contribution in [0, 0.1) is 3.57 Å². The summed E-state index contributed by atoms with van der Waals surface area (Å²) in [6.45, 7) is 2.52. The molecule has 1 N–H and O–H groups in total. The molecule has 0 radical (unpaired) electrons. The summed E-state index contributed by atoms with van der Waals surface area (Å²) < 4.78 is 7.41. The second-order valence-corrected chi connectivity index (χ2v) is 9.13. The van der Waals surface area contributed by atoms with Crippen molar-refractivity contribution in [2.75, 3.05) is 6.61 Å². The van der Waals surface area contributed by atoms with Crippen LogP contribution in [0.15, 0.2) is 44.7 Å². The van der Waals surface area contributed by atoms with Gasteiger partial charge in [-0.3, -0.25) is 4.79 Å². The first-order chi connectivity index (χ1) is 12.9. The number of carbonyl (C=O) groups excluding carboxylic acids is 1. The van der Waals surface area contributed by atoms with E-state index in [0.717, 1.165) is 19.4 Å². The van der Waals surface area contributed by atoms with Gasteiger partial charge in [0, 0.05) is 0 Å². The van der Waals surface area contributed by atoms with E-state index < -0.39 is 0 Å². The van der Waals surface area contributed by atoms with Gasteiger partial charge in [-0.1, -0.05) is 29.3 Å². The summed E-state index contributed by atoms with van der Waals surface area (Å²) >= 11 is 19.1. The van der Waals surface area contributed by atoms with Crippen molar-refractivity contribution in [2.24, 2.45) is 4.99 Å². The quantitative estimate of drug-likeness (QED) is 0.317. The SMILES string of the molecule is CCOc1c(Br)cc(/C=C2\SC(=Nc3cccc(Cl)c3Cl)NC2=O)cc1I. The fourth-order valence-corrected chi connectivity index (χ4v) is 5.21. The van der Waals surface area contributed by atoms with Crippen molar-refractivity contribution in [3.05, 3.63) is 58.9 Å². The predicted octanol–water partition coefficient (Wildman–Crippen LogP) is 6.65. The van der Waals surface area contributed by atoms with Gasteiger partial charge in [-0.05, 0) is 93.1 Å². The van der Waals surface area contributed by atoms with Crippen LogP contribution in [0.5, 0.6) is 5.75 Å². The van der Waals surface area contributed by atoms with Crippen molar-refractivity contribution in [3.63, 3.8) is 0 Å². The molecule has 4 nitrogen and oxygen atoms in total. The summed E-state index contributed by atoms with van der Waals surface area (Å²) in [4.78, 5) is 17.2. The second kappa shape index (κ2) is 9.17. The zero-order valence-electron chi connectivity index (χ0n) is 13.9. The number of nitrogens with zero attached hydrogens (tertiary/aromatic N) is 1.